The smallest absolute Gasteiger partial charge is 0.148 e. The van der Waals surface area contributed by atoms with Crippen LogP contribution in [0.1, 0.15) is 92.7 Å². The van der Waals surface area contributed by atoms with E-state index in [1.165, 1.54) is 0 Å². The van der Waals surface area contributed by atoms with E-state index in [1.807, 2.05) is 107 Å². The van der Waals surface area contributed by atoms with E-state index < -0.39 is 78.2 Å². The van der Waals surface area contributed by atoms with Crippen LogP contribution in [0.4, 0.5) is 0 Å². The zero-order chi connectivity index (χ0) is 56.2. The fourth-order valence-corrected chi connectivity index (χ4v) is 8.39. The van der Waals surface area contributed by atoms with Crippen molar-refractivity contribution in [3.8, 4) is 78.6 Å². The van der Waals surface area contributed by atoms with Crippen LogP contribution in [0.5, 0.6) is 5.75 Å². The van der Waals surface area contributed by atoms with E-state index in [9.17, 15) is 6.48 Å². The van der Waals surface area contributed by atoms with E-state index in [1.54, 1.807) is 35.8 Å². The van der Waals surface area contributed by atoms with Gasteiger partial charge in [0.1, 0.15) is 11.6 Å². The molecule has 5 heteroatoms. The Morgan fingerprint density at radius 2 is 1.37 bits per heavy atom. The van der Waals surface area contributed by atoms with E-state index in [0.717, 1.165) is 33.4 Å². The Hall–Kier alpha value is -6.35. The quantitative estimate of drug-likeness (QED) is 0.162. The molecule has 0 saturated heterocycles. The number of pyridine rings is 1. The number of phenols is 1. The van der Waals surface area contributed by atoms with Crippen LogP contribution in [0.15, 0.2) is 152 Å². The first-order valence-corrected chi connectivity index (χ1v) is 21.2. The average molecular weight is 1040 g/mol. The van der Waals surface area contributed by atoms with E-state index in [0.29, 0.717) is 44.5 Å². The van der Waals surface area contributed by atoms with Crippen LogP contribution in [0.25, 0.3) is 83.9 Å². The van der Waals surface area contributed by atoms with E-state index >= 15 is 0 Å². The van der Waals surface area contributed by atoms with E-state index in [-0.39, 0.29) is 54.9 Å². The summed E-state index contributed by atoms with van der Waals surface area (Å²) in [5.74, 6) is 0.218. The predicted molar refractivity (Wildman–Crippen MR) is 268 cm³/mol. The van der Waals surface area contributed by atoms with Crippen LogP contribution >= 0.6 is 0 Å². The Balaban J connectivity index is 0.00000803. The second-order valence-electron chi connectivity index (χ2n) is 18.4. The van der Waals surface area contributed by atoms with Crippen LogP contribution in [0.3, 0.4) is 0 Å². The van der Waals surface area contributed by atoms with Gasteiger partial charge in [-0.2, -0.15) is 0 Å². The summed E-state index contributed by atoms with van der Waals surface area (Å²) in [7, 11) is 0. The molecule has 0 aliphatic rings. The number of aromatic hydroxyl groups is 1. The molecule has 0 bridgehead atoms. The number of benzene rings is 7. The van der Waals surface area contributed by atoms with E-state index in [4.69, 9.17) is 21.4 Å². The molecule has 328 valence electrons. The van der Waals surface area contributed by atoms with Crippen LogP contribution in [-0.2, 0) is 31.9 Å². The first kappa shape index (κ1) is 31.5. The van der Waals surface area contributed by atoms with Gasteiger partial charge in [-0.1, -0.05) is 161 Å². The predicted octanol–water partition coefficient (Wildman–Crippen LogP) is 15.8. The first-order chi connectivity index (χ1) is 35.9. The Kier molecular flexibility index (Phi) is 8.51. The molecule has 0 aliphatic carbocycles. The van der Waals surface area contributed by atoms with Gasteiger partial charge in [-0.25, -0.2) is 4.98 Å². The second-order valence-corrected chi connectivity index (χ2v) is 18.4. The van der Waals surface area contributed by atoms with Gasteiger partial charge in [-0.3, -0.25) is 9.55 Å². The Morgan fingerprint density at radius 1 is 0.631 bits per heavy atom. The largest absolute Gasteiger partial charge is 0.507 e. The average Bonchev–Trinajstić information content (AvgIpc) is 3.80. The van der Waals surface area contributed by atoms with Crippen molar-refractivity contribution >= 4 is 11.0 Å². The molecule has 0 amide bonds. The molecule has 9 aromatic rings. The molecule has 9 rings (SSSR count). The summed E-state index contributed by atoms with van der Waals surface area (Å²) in [6, 6.07) is 33.4. The van der Waals surface area contributed by atoms with Crippen LogP contribution in [0.2, 0.25) is 0 Å². The third-order valence-electron chi connectivity index (χ3n) is 11.6. The molecule has 65 heavy (non-hydrogen) atoms. The number of aryl methyl sites for hydroxylation is 3. The Labute approximate surface area is 417 Å². The monoisotopic (exact) mass is 1040 g/mol. The fraction of sp³-hybridized carbons (Fsp3) is 0.200. The zero-order valence-corrected chi connectivity index (χ0v) is 39.8. The number of hydrogen-bond acceptors (Lipinski definition) is 3. The molecule has 0 aliphatic heterocycles. The molecule has 7 aromatic carbocycles. The van der Waals surface area contributed by atoms with Gasteiger partial charge < -0.3 is 5.11 Å². The SMILES string of the molecule is [2H]c1nc(-c2[c-]c(-c3cccc4c3nc(-c3cc(C)cc(C)c3O)n4-c3ccc(-c4c(-c5ccccc5)cccc4C(C)(C)C)cc3C([2H])([2H])[2H])cc(C(C)(C)C)c2)c([2H])c(-c2c([2H])c([2H])c(C([2H])([2H])[2H])c([2H])c2[2H])c1[2H].[Pt]. The topological polar surface area (TPSA) is 50.9 Å². The molecule has 0 spiro atoms. The van der Waals surface area contributed by atoms with Crippen molar-refractivity contribution < 1.29 is 44.0 Å². The molecule has 0 unspecified atom stereocenters. The number of para-hydroxylation sites is 1. The summed E-state index contributed by atoms with van der Waals surface area (Å²) < 4.78 is 115. The molecule has 0 atom stereocenters. The standard InChI is InChI=1S/C60H56N3O.Pt/c1-37-22-24-41(25-23-37)43-28-29-61-52(36-43)46-33-45(34-47(35-46)59(5,6)7)49-19-15-21-54-56(49)62-58(50-31-38(2)30-40(4)57(50)64)63(54)53-27-26-44(32-39(53)3)55-48(42-16-12-11-13-17-42)18-14-20-51(55)60(8,9)10;/h11-32,34-36,64H,1-10H3;/q-1;/i1D3,3D3,22D,23D,24D,25D,28D,29D,36D;. The van der Waals surface area contributed by atoms with Crippen molar-refractivity contribution in [2.45, 2.75) is 79.9 Å². The zero-order valence-electron chi connectivity index (χ0n) is 50.5. The third kappa shape index (κ3) is 8.77. The molecule has 0 saturated carbocycles. The maximum atomic E-state index is 11.9. The maximum Gasteiger partial charge on any atom is 0.148 e. The minimum atomic E-state index is -3.00. The Bertz CT molecular complexity index is 3840. The van der Waals surface area contributed by atoms with Gasteiger partial charge in [0.05, 0.1) is 31.9 Å². The molecule has 0 fully saturated rings. The van der Waals surface area contributed by atoms with Crippen LogP contribution < -0.4 is 0 Å². The summed E-state index contributed by atoms with van der Waals surface area (Å²) in [6.07, 6.45) is -0.633. The van der Waals surface area contributed by atoms with Gasteiger partial charge in [0.25, 0.3) is 0 Å². The number of fused-ring (bicyclic) bond motifs is 1. The van der Waals surface area contributed by atoms with Crippen molar-refractivity contribution in [3.05, 3.63) is 191 Å². The van der Waals surface area contributed by atoms with Gasteiger partial charge in [0, 0.05) is 41.2 Å². The minimum absolute atomic E-state index is 0. The number of aromatic nitrogens is 3. The molecule has 1 N–H and O–H groups in total. The van der Waals surface area contributed by atoms with Gasteiger partial charge in [-0.15, -0.1) is 29.3 Å². The number of imidazole rings is 1. The number of phenolic OH excluding ortho intramolecular Hbond substituents is 1. The Morgan fingerprint density at radius 3 is 2.09 bits per heavy atom. The summed E-state index contributed by atoms with van der Waals surface area (Å²) in [4.78, 5) is 9.70. The van der Waals surface area contributed by atoms with Gasteiger partial charge in [-0.05, 0) is 124 Å². The van der Waals surface area contributed by atoms with Crippen molar-refractivity contribution in [3.63, 3.8) is 0 Å². The summed E-state index contributed by atoms with van der Waals surface area (Å²) in [5, 5.41) is 11.9. The summed E-state index contributed by atoms with van der Waals surface area (Å²) in [6.45, 7) is 10.4. The van der Waals surface area contributed by atoms with E-state index in [2.05, 4.69) is 37.9 Å². The number of rotatable bonds is 7. The van der Waals surface area contributed by atoms with Crippen LogP contribution in [-0.4, -0.2) is 19.6 Å². The second kappa shape index (κ2) is 17.6. The number of nitrogens with zero attached hydrogens (tertiary/aromatic N) is 3. The van der Waals surface area contributed by atoms with Crippen LogP contribution in [0, 0.1) is 33.6 Å². The van der Waals surface area contributed by atoms with Crippen molar-refractivity contribution in [1.29, 1.82) is 0 Å². The van der Waals surface area contributed by atoms with Crippen molar-refractivity contribution in [2.24, 2.45) is 0 Å². The molecular weight excluding hydrogens is 974 g/mol. The fourth-order valence-electron chi connectivity index (χ4n) is 8.39. The normalized spacial score (nSPS) is 15.0. The van der Waals surface area contributed by atoms with Gasteiger partial charge in [0.2, 0.25) is 0 Å². The first-order valence-electron chi connectivity index (χ1n) is 27.7. The molecule has 0 radical (unpaired) electrons. The molecule has 4 nitrogen and oxygen atoms in total. The minimum Gasteiger partial charge on any atom is -0.507 e. The number of hydrogen-bond donors (Lipinski definition) is 1. The molecule has 2 heterocycles. The summed E-state index contributed by atoms with van der Waals surface area (Å²) >= 11 is 0. The summed E-state index contributed by atoms with van der Waals surface area (Å²) in [5.41, 5.74) is 6.67. The van der Waals surface area contributed by atoms with Gasteiger partial charge in [0.15, 0.2) is 0 Å². The molecule has 2 aromatic heterocycles. The maximum absolute atomic E-state index is 11.9. The van der Waals surface area contributed by atoms with Crippen molar-refractivity contribution in [1.82, 2.24) is 14.5 Å². The molecular formula is C60H56N3OPt-. The third-order valence-corrected chi connectivity index (χ3v) is 11.6. The van der Waals surface area contributed by atoms with Crippen molar-refractivity contribution in [2.75, 3.05) is 0 Å². The van der Waals surface area contributed by atoms with Gasteiger partial charge >= 0.3 is 0 Å².